The second-order valence-electron chi connectivity index (χ2n) is 7.53. The molecule has 0 aliphatic rings. The zero-order chi connectivity index (χ0) is 22.2. The predicted molar refractivity (Wildman–Crippen MR) is 118 cm³/mol. The molecule has 2 heterocycles. The number of nitrogens with zero attached hydrogens (tertiary/aromatic N) is 4. The maximum atomic E-state index is 12.4. The summed E-state index contributed by atoms with van der Waals surface area (Å²) >= 11 is 0. The number of pyridine rings is 1. The Morgan fingerprint density at radius 3 is 2.45 bits per heavy atom. The van der Waals surface area contributed by atoms with Crippen LogP contribution in [0.25, 0.3) is 11.1 Å². The average Bonchev–Trinajstić information content (AvgIpc) is 3.19. The summed E-state index contributed by atoms with van der Waals surface area (Å²) in [5.41, 5.74) is 2.42. The summed E-state index contributed by atoms with van der Waals surface area (Å²) in [7, 11) is 0. The summed E-state index contributed by atoms with van der Waals surface area (Å²) in [6, 6.07) is 11.2. The van der Waals surface area contributed by atoms with Gasteiger partial charge in [0.25, 0.3) is 0 Å². The molecule has 0 saturated heterocycles. The molecule has 0 unspecified atom stereocenters. The molecular formula is C24H28N4O3. The first-order valence-electron chi connectivity index (χ1n) is 10.8. The number of Topliss-reactive ketones (excluding diaryl/α,β-unsaturated/α-hetero) is 1. The first-order valence-corrected chi connectivity index (χ1v) is 10.8. The number of rotatable bonds is 11. The second-order valence-corrected chi connectivity index (χ2v) is 7.53. The van der Waals surface area contributed by atoms with Gasteiger partial charge in [0.15, 0.2) is 5.69 Å². The highest BCUT2D eigenvalue weighted by Crippen LogP contribution is 2.23. The molecule has 0 aliphatic heterocycles. The number of unbranched alkanes of at least 4 members (excludes halogenated alkanes) is 2. The maximum absolute atomic E-state index is 12.4. The molecular weight excluding hydrogens is 392 g/mol. The average molecular weight is 421 g/mol. The largest absolute Gasteiger partial charge is 0.476 e. The van der Waals surface area contributed by atoms with Crippen molar-refractivity contribution in [1.29, 1.82) is 0 Å². The fourth-order valence-electron chi connectivity index (χ4n) is 3.35. The lowest BCUT2D eigenvalue weighted by Crippen LogP contribution is -2.07. The lowest BCUT2D eigenvalue weighted by atomic mass is 10.0. The number of hydrogen-bond acceptors (Lipinski definition) is 5. The third-order valence-corrected chi connectivity index (χ3v) is 5.12. The van der Waals surface area contributed by atoms with Crippen LogP contribution in [0.5, 0.6) is 0 Å². The number of hydrogen-bond donors (Lipinski definition) is 1. The van der Waals surface area contributed by atoms with Gasteiger partial charge in [-0.1, -0.05) is 57.0 Å². The number of aromatic nitrogens is 4. The third-order valence-electron chi connectivity index (χ3n) is 5.12. The van der Waals surface area contributed by atoms with Gasteiger partial charge >= 0.3 is 5.97 Å². The van der Waals surface area contributed by atoms with Crippen molar-refractivity contribution in [2.45, 2.75) is 58.9 Å². The molecule has 0 bridgehead atoms. The highest BCUT2D eigenvalue weighted by molar-refractivity contribution is 5.94. The van der Waals surface area contributed by atoms with Crippen LogP contribution in [0.2, 0.25) is 0 Å². The number of aryl methyl sites for hydroxylation is 1. The fraction of sp³-hybridized carbons (Fsp3) is 0.375. The van der Waals surface area contributed by atoms with Crippen LogP contribution in [0, 0.1) is 0 Å². The second kappa shape index (κ2) is 10.6. The van der Waals surface area contributed by atoms with Crippen molar-refractivity contribution in [1.82, 2.24) is 19.7 Å². The van der Waals surface area contributed by atoms with E-state index in [2.05, 4.69) is 28.9 Å². The third kappa shape index (κ3) is 5.63. The summed E-state index contributed by atoms with van der Waals surface area (Å²) in [5, 5.41) is 13.8. The molecule has 3 aromatic rings. The molecule has 0 fully saturated rings. The van der Waals surface area contributed by atoms with Crippen molar-refractivity contribution in [2.24, 2.45) is 0 Å². The number of ketones is 1. The Morgan fingerprint density at radius 1 is 1.03 bits per heavy atom. The molecule has 0 atom stereocenters. The van der Waals surface area contributed by atoms with E-state index in [4.69, 9.17) is 0 Å². The Morgan fingerprint density at radius 2 is 1.77 bits per heavy atom. The topological polar surface area (TPSA) is 98.0 Å². The van der Waals surface area contributed by atoms with Crippen molar-refractivity contribution in [3.63, 3.8) is 0 Å². The molecule has 0 spiro atoms. The van der Waals surface area contributed by atoms with E-state index in [1.54, 1.807) is 12.1 Å². The highest BCUT2D eigenvalue weighted by Gasteiger charge is 2.17. The van der Waals surface area contributed by atoms with Crippen LogP contribution in [0.15, 0.2) is 42.6 Å². The minimum absolute atomic E-state index is 0.00789. The normalized spacial score (nSPS) is 10.9. The Bertz CT molecular complexity index is 1040. The van der Waals surface area contributed by atoms with Gasteiger partial charge in [0.05, 0.1) is 0 Å². The van der Waals surface area contributed by atoms with Crippen LogP contribution in [0.4, 0.5) is 0 Å². The van der Waals surface area contributed by atoms with Crippen LogP contribution in [0.3, 0.4) is 0 Å². The van der Waals surface area contributed by atoms with Crippen LogP contribution in [0.1, 0.15) is 78.4 Å². The van der Waals surface area contributed by atoms with E-state index in [-0.39, 0.29) is 11.5 Å². The van der Waals surface area contributed by atoms with Crippen molar-refractivity contribution in [3.8, 4) is 11.1 Å². The summed E-state index contributed by atoms with van der Waals surface area (Å²) in [6.45, 7) is 4.91. The Kier molecular flexibility index (Phi) is 7.65. The van der Waals surface area contributed by atoms with E-state index in [0.29, 0.717) is 24.2 Å². The quantitative estimate of drug-likeness (QED) is 0.447. The monoisotopic (exact) mass is 420 g/mol. The summed E-state index contributed by atoms with van der Waals surface area (Å²) in [4.78, 5) is 32.3. The Labute approximate surface area is 182 Å². The molecule has 0 radical (unpaired) electrons. The lowest BCUT2D eigenvalue weighted by molar-refractivity contribution is 0.0691. The van der Waals surface area contributed by atoms with Gasteiger partial charge in [-0.25, -0.2) is 19.4 Å². The molecule has 2 aromatic heterocycles. The molecule has 3 rings (SSSR count). The van der Waals surface area contributed by atoms with Gasteiger partial charge in [0.2, 0.25) is 11.6 Å². The minimum atomic E-state index is -1.05. The van der Waals surface area contributed by atoms with Gasteiger partial charge in [-0.05, 0) is 30.0 Å². The van der Waals surface area contributed by atoms with Crippen molar-refractivity contribution in [3.05, 3.63) is 65.5 Å². The van der Waals surface area contributed by atoms with Crippen LogP contribution >= 0.6 is 0 Å². The van der Waals surface area contributed by atoms with E-state index in [9.17, 15) is 14.7 Å². The van der Waals surface area contributed by atoms with Gasteiger partial charge in [0, 0.05) is 31.1 Å². The SMILES string of the molecule is CCCCC(=O)c1nc(Cc2ccc(-c3cccnc3C(=O)O)cc2)n(CCCC)n1. The van der Waals surface area contributed by atoms with Crippen LogP contribution < -0.4 is 0 Å². The van der Waals surface area contributed by atoms with Gasteiger partial charge in [-0.2, -0.15) is 0 Å². The van der Waals surface area contributed by atoms with Gasteiger partial charge in [-0.15, -0.1) is 5.10 Å². The Balaban J connectivity index is 1.82. The molecule has 0 saturated carbocycles. The molecule has 1 aromatic carbocycles. The lowest BCUT2D eigenvalue weighted by Gasteiger charge is -2.08. The van der Waals surface area contributed by atoms with Gasteiger partial charge in [0.1, 0.15) is 5.82 Å². The standard InChI is InChI=1S/C24H28N4O3/c1-3-5-9-20(29)23-26-21(28(27-23)15-6-4-2)16-17-10-12-18(13-11-17)19-8-7-14-25-22(19)24(30)31/h7-8,10-14H,3-6,9,15-16H2,1-2H3,(H,30,31). The minimum Gasteiger partial charge on any atom is -0.476 e. The van der Waals surface area contributed by atoms with E-state index < -0.39 is 5.97 Å². The van der Waals surface area contributed by atoms with E-state index in [1.165, 1.54) is 6.20 Å². The molecule has 162 valence electrons. The number of aromatic carboxylic acids is 1. The first-order chi connectivity index (χ1) is 15.0. The molecule has 1 N–H and O–H groups in total. The highest BCUT2D eigenvalue weighted by atomic mass is 16.4. The van der Waals surface area contributed by atoms with Gasteiger partial charge < -0.3 is 5.11 Å². The predicted octanol–water partition coefficient (Wildman–Crippen LogP) is 4.80. The number of benzene rings is 1. The van der Waals surface area contributed by atoms with Crippen molar-refractivity contribution < 1.29 is 14.7 Å². The number of carboxylic acids is 1. The zero-order valence-corrected chi connectivity index (χ0v) is 18.0. The van der Waals surface area contributed by atoms with Crippen LogP contribution in [-0.4, -0.2) is 36.6 Å². The number of carbonyl (C=O) groups is 2. The smallest absolute Gasteiger partial charge is 0.355 e. The van der Waals surface area contributed by atoms with E-state index in [0.717, 1.165) is 49.2 Å². The maximum Gasteiger partial charge on any atom is 0.355 e. The number of carboxylic acid groups (broad SMARTS) is 1. The summed E-state index contributed by atoms with van der Waals surface area (Å²) < 4.78 is 1.85. The molecule has 0 amide bonds. The van der Waals surface area contributed by atoms with E-state index >= 15 is 0 Å². The molecule has 7 nitrogen and oxygen atoms in total. The summed E-state index contributed by atoms with van der Waals surface area (Å²) in [5.74, 6) is 0.0155. The zero-order valence-electron chi connectivity index (χ0n) is 18.0. The number of carbonyl (C=O) groups excluding carboxylic acids is 1. The molecule has 7 heteroatoms. The first kappa shape index (κ1) is 22.3. The van der Waals surface area contributed by atoms with Crippen molar-refractivity contribution in [2.75, 3.05) is 0 Å². The molecule has 0 aliphatic carbocycles. The molecule has 31 heavy (non-hydrogen) atoms. The van der Waals surface area contributed by atoms with Gasteiger partial charge in [-0.3, -0.25) is 4.79 Å². The summed E-state index contributed by atoms with van der Waals surface area (Å²) in [6.07, 6.45) is 6.30. The fourth-order valence-corrected chi connectivity index (χ4v) is 3.35. The van der Waals surface area contributed by atoms with Crippen LogP contribution in [-0.2, 0) is 13.0 Å². The van der Waals surface area contributed by atoms with E-state index in [1.807, 2.05) is 28.9 Å². The Hall–Kier alpha value is -3.35. The van der Waals surface area contributed by atoms with Crippen molar-refractivity contribution >= 4 is 11.8 Å².